The minimum atomic E-state index is -1.31. The first-order chi connectivity index (χ1) is 10.4. The zero-order chi connectivity index (χ0) is 16.0. The van der Waals surface area contributed by atoms with Crippen molar-refractivity contribution >= 4 is 17.5 Å². The first-order valence-corrected chi connectivity index (χ1v) is 6.67. The van der Waals surface area contributed by atoms with Gasteiger partial charge in [-0.1, -0.05) is 0 Å². The number of hydrogen-bond acceptors (Lipinski definition) is 6. The van der Waals surface area contributed by atoms with Gasteiger partial charge in [-0.05, 0) is 6.92 Å². The third kappa shape index (κ3) is 1.97. The molecule has 0 fully saturated rings. The van der Waals surface area contributed by atoms with Gasteiger partial charge in [0.1, 0.15) is 29.8 Å². The zero-order valence-electron chi connectivity index (χ0n) is 12.0. The fourth-order valence-corrected chi connectivity index (χ4v) is 2.71. The Morgan fingerprint density at radius 2 is 2.18 bits per heavy atom. The van der Waals surface area contributed by atoms with E-state index in [2.05, 4.69) is 0 Å². The molecular formula is C15H14O7. The van der Waals surface area contributed by atoms with Crippen molar-refractivity contribution in [2.75, 3.05) is 13.7 Å². The Hall–Kier alpha value is -2.70. The highest BCUT2D eigenvalue weighted by molar-refractivity contribution is 6.08. The molecule has 3 rings (SSSR count). The predicted octanol–water partition coefficient (Wildman–Crippen LogP) is 1.58. The number of rotatable bonds is 2. The molecule has 1 atom stereocenters. The molecule has 7 heteroatoms. The largest absolute Gasteiger partial charge is 0.504 e. The van der Waals surface area contributed by atoms with Crippen molar-refractivity contribution in [3.05, 3.63) is 22.8 Å². The highest BCUT2D eigenvalue weighted by Gasteiger charge is 2.37. The van der Waals surface area contributed by atoms with E-state index in [-0.39, 0.29) is 59.0 Å². The lowest BCUT2D eigenvalue weighted by atomic mass is 9.92. The smallest absolute Gasteiger partial charge is 0.340 e. The summed E-state index contributed by atoms with van der Waals surface area (Å²) in [4.78, 5) is 23.7. The van der Waals surface area contributed by atoms with Gasteiger partial charge in [-0.15, -0.1) is 0 Å². The number of hydrogen-bond donors (Lipinski definition) is 2. The van der Waals surface area contributed by atoms with Crippen molar-refractivity contribution in [3.63, 3.8) is 0 Å². The van der Waals surface area contributed by atoms with Crippen LogP contribution in [0.3, 0.4) is 0 Å². The third-order valence-corrected chi connectivity index (χ3v) is 3.64. The molecule has 1 aromatic carbocycles. The zero-order valence-corrected chi connectivity index (χ0v) is 12.0. The molecule has 0 radical (unpaired) electrons. The Kier molecular flexibility index (Phi) is 3.20. The van der Waals surface area contributed by atoms with Crippen LogP contribution in [0.2, 0.25) is 0 Å². The molecule has 7 nitrogen and oxygen atoms in total. The van der Waals surface area contributed by atoms with Gasteiger partial charge in [0.15, 0.2) is 17.3 Å². The van der Waals surface area contributed by atoms with Crippen LogP contribution in [-0.2, 0) is 9.53 Å². The van der Waals surface area contributed by atoms with Gasteiger partial charge in [-0.25, -0.2) is 4.79 Å². The third-order valence-electron chi connectivity index (χ3n) is 3.64. The van der Waals surface area contributed by atoms with E-state index in [1.165, 1.54) is 13.2 Å². The molecular weight excluding hydrogens is 292 g/mol. The molecule has 0 saturated carbocycles. The molecule has 2 aliphatic heterocycles. The van der Waals surface area contributed by atoms with Crippen LogP contribution in [0.5, 0.6) is 17.2 Å². The van der Waals surface area contributed by atoms with Gasteiger partial charge in [-0.3, -0.25) is 4.79 Å². The number of methoxy groups -OCH3 is 1. The van der Waals surface area contributed by atoms with Crippen LogP contribution in [0, 0.1) is 0 Å². The fraction of sp³-hybridized carbons (Fsp3) is 0.333. The quantitative estimate of drug-likeness (QED) is 0.855. The Morgan fingerprint density at radius 3 is 2.82 bits per heavy atom. The molecule has 2 N–H and O–H groups in total. The number of Topliss-reactive ketones (excluding diaryl/α,β-unsaturated/α-hetero) is 1. The van der Waals surface area contributed by atoms with Crippen molar-refractivity contribution in [3.8, 4) is 17.2 Å². The molecule has 0 aliphatic carbocycles. The topological polar surface area (TPSA) is 102 Å². The average molecular weight is 306 g/mol. The Labute approximate surface area is 125 Å². The Balaban J connectivity index is 2.33. The van der Waals surface area contributed by atoms with E-state index in [0.29, 0.717) is 5.57 Å². The van der Waals surface area contributed by atoms with Gasteiger partial charge in [0.2, 0.25) is 0 Å². The van der Waals surface area contributed by atoms with Crippen LogP contribution in [0.25, 0.3) is 5.76 Å². The van der Waals surface area contributed by atoms with Crippen molar-refractivity contribution < 1.29 is 34.0 Å². The van der Waals surface area contributed by atoms with Crippen LogP contribution in [0.4, 0.5) is 0 Å². The number of carboxylic acids is 1. The van der Waals surface area contributed by atoms with Crippen LogP contribution in [0.1, 0.15) is 29.3 Å². The average Bonchev–Trinajstić information content (AvgIpc) is 2.44. The number of ether oxygens (including phenoxy) is 3. The summed E-state index contributed by atoms with van der Waals surface area (Å²) in [6.07, 6.45) is -0.145. The monoisotopic (exact) mass is 306 g/mol. The Morgan fingerprint density at radius 1 is 1.45 bits per heavy atom. The number of aromatic hydroxyl groups is 1. The molecule has 2 aliphatic rings. The van der Waals surface area contributed by atoms with Gasteiger partial charge in [0.25, 0.3) is 0 Å². The number of benzene rings is 1. The molecule has 2 heterocycles. The summed E-state index contributed by atoms with van der Waals surface area (Å²) in [5, 5.41) is 19.4. The van der Waals surface area contributed by atoms with Crippen LogP contribution in [0.15, 0.2) is 11.6 Å². The lowest BCUT2D eigenvalue weighted by molar-refractivity contribution is -0.118. The minimum Gasteiger partial charge on any atom is -0.504 e. The fourth-order valence-electron chi connectivity index (χ4n) is 2.71. The SMILES string of the molecule is COc1c(O)cc2c(c1C(=O)O)C1=C(CO2)C(=O)CC(C)O1. The second kappa shape index (κ2) is 4.94. The molecule has 0 spiro atoms. The molecule has 22 heavy (non-hydrogen) atoms. The van der Waals surface area contributed by atoms with Crippen LogP contribution in [-0.4, -0.2) is 41.8 Å². The molecule has 0 amide bonds. The van der Waals surface area contributed by atoms with E-state index in [1.54, 1.807) is 6.92 Å². The van der Waals surface area contributed by atoms with E-state index in [1.807, 2.05) is 0 Å². The van der Waals surface area contributed by atoms with Crippen molar-refractivity contribution in [2.24, 2.45) is 0 Å². The van der Waals surface area contributed by atoms with E-state index in [4.69, 9.17) is 14.2 Å². The van der Waals surface area contributed by atoms with Gasteiger partial charge < -0.3 is 24.4 Å². The second-order valence-electron chi connectivity index (χ2n) is 5.13. The summed E-state index contributed by atoms with van der Waals surface area (Å²) < 4.78 is 16.1. The first kappa shape index (κ1) is 14.2. The van der Waals surface area contributed by atoms with Crippen molar-refractivity contribution in [2.45, 2.75) is 19.4 Å². The van der Waals surface area contributed by atoms with Gasteiger partial charge in [0, 0.05) is 12.5 Å². The number of aromatic carboxylic acids is 1. The molecule has 0 aromatic heterocycles. The normalized spacial score (nSPS) is 19.7. The standard InChI is InChI=1S/C15H14O7/c1-6-3-8(16)7-5-21-10-4-9(17)14(20-2)12(15(18)19)11(10)13(7)22-6/h4,6,17H,3,5H2,1-2H3,(H,18,19). The predicted molar refractivity (Wildman–Crippen MR) is 74.2 cm³/mol. The molecule has 0 bridgehead atoms. The summed E-state index contributed by atoms with van der Waals surface area (Å²) in [5.41, 5.74) is 0.149. The lowest BCUT2D eigenvalue weighted by Gasteiger charge is -2.31. The summed E-state index contributed by atoms with van der Waals surface area (Å²) in [7, 11) is 1.25. The number of ketones is 1. The van der Waals surface area contributed by atoms with E-state index < -0.39 is 5.97 Å². The number of carbonyl (C=O) groups is 2. The highest BCUT2D eigenvalue weighted by Crippen LogP contribution is 2.46. The van der Waals surface area contributed by atoms with Gasteiger partial charge in [-0.2, -0.15) is 0 Å². The number of carboxylic acid groups (broad SMARTS) is 1. The second-order valence-corrected chi connectivity index (χ2v) is 5.13. The number of fused-ring (bicyclic) bond motifs is 2. The van der Waals surface area contributed by atoms with Gasteiger partial charge >= 0.3 is 5.97 Å². The molecule has 1 aromatic rings. The number of carbonyl (C=O) groups excluding carboxylic acids is 1. The minimum absolute atomic E-state index is 0.0152. The molecule has 116 valence electrons. The van der Waals surface area contributed by atoms with E-state index >= 15 is 0 Å². The summed E-state index contributed by atoms with van der Waals surface area (Å²) in [6.45, 7) is 1.72. The van der Waals surface area contributed by atoms with Crippen molar-refractivity contribution in [1.82, 2.24) is 0 Å². The number of phenols is 1. The van der Waals surface area contributed by atoms with Gasteiger partial charge in [0.05, 0.1) is 18.2 Å². The maximum atomic E-state index is 12.1. The Bertz CT molecular complexity index is 717. The first-order valence-electron chi connectivity index (χ1n) is 6.67. The maximum Gasteiger partial charge on any atom is 0.340 e. The summed E-state index contributed by atoms with van der Waals surface area (Å²) in [6, 6.07) is 1.26. The summed E-state index contributed by atoms with van der Waals surface area (Å²) >= 11 is 0. The maximum absolute atomic E-state index is 12.1. The molecule has 1 unspecified atom stereocenters. The highest BCUT2D eigenvalue weighted by atomic mass is 16.5. The lowest BCUT2D eigenvalue weighted by Crippen LogP contribution is -2.29. The summed E-state index contributed by atoms with van der Waals surface area (Å²) in [5.74, 6) is -1.65. The van der Waals surface area contributed by atoms with E-state index in [9.17, 15) is 19.8 Å². The van der Waals surface area contributed by atoms with Crippen LogP contribution < -0.4 is 9.47 Å². The van der Waals surface area contributed by atoms with E-state index in [0.717, 1.165) is 0 Å². The molecule has 0 saturated heterocycles. The van der Waals surface area contributed by atoms with Crippen LogP contribution >= 0.6 is 0 Å². The van der Waals surface area contributed by atoms with Crippen molar-refractivity contribution in [1.29, 1.82) is 0 Å². The number of phenolic OH excluding ortho intramolecular Hbond substituents is 1.